The molecule has 0 bridgehead atoms. The number of aliphatic hydroxyl groups excluding tert-OH is 11. The number of rotatable bonds is 7. The zero-order chi connectivity index (χ0) is 25.3. The van der Waals surface area contributed by atoms with Gasteiger partial charge in [-0.1, -0.05) is 0 Å². The van der Waals surface area contributed by atoms with Crippen LogP contribution in [-0.2, 0) is 23.7 Å². The molecule has 3 fully saturated rings. The molecule has 15 atom stereocenters. The molecule has 0 aromatic heterocycles. The van der Waals surface area contributed by atoms with E-state index < -0.39 is 112 Å². The molecule has 0 spiro atoms. The van der Waals surface area contributed by atoms with E-state index in [0.29, 0.717) is 0 Å². The molecule has 0 aromatic rings. The Kier molecular flexibility index (Phi) is 9.54. The third kappa shape index (κ3) is 5.37. The van der Waals surface area contributed by atoms with Crippen LogP contribution in [0.25, 0.3) is 0 Å². The minimum atomic E-state index is -1.93. The molecule has 3 aliphatic heterocycles. The molecular formula is C18H32O16. The van der Waals surface area contributed by atoms with Crippen LogP contribution in [0.15, 0.2) is 0 Å². The zero-order valence-electron chi connectivity index (χ0n) is 17.7. The average Bonchev–Trinajstić information content (AvgIpc) is 2.83. The van der Waals surface area contributed by atoms with Crippen molar-refractivity contribution >= 4 is 0 Å². The summed E-state index contributed by atoms with van der Waals surface area (Å²) in [6.07, 6.45) is -25.3. The minimum absolute atomic E-state index is 0.740. The summed E-state index contributed by atoms with van der Waals surface area (Å²) in [7, 11) is 0. The summed E-state index contributed by atoms with van der Waals surface area (Å²) >= 11 is 0. The van der Waals surface area contributed by atoms with Gasteiger partial charge in [-0.2, -0.15) is 0 Å². The molecule has 16 heteroatoms. The highest BCUT2D eigenvalue weighted by atomic mass is 16.7. The molecule has 1 unspecified atom stereocenters. The van der Waals surface area contributed by atoms with Gasteiger partial charge in [-0.25, -0.2) is 0 Å². The number of aliphatic hydroxyl groups is 11. The van der Waals surface area contributed by atoms with E-state index in [4.69, 9.17) is 23.7 Å². The fourth-order valence-corrected chi connectivity index (χ4v) is 4.05. The van der Waals surface area contributed by atoms with Crippen molar-refractivity contribution in [3.63, 3.8) is 0 Å². The van der Waals surface area contributed by atoms with Crippen LogP contribution >= 0.6 is 0 Å². The van der Waals surface area contributed by atoms with Crippen molar-refractivity contribution in [1.29, 1.82) is 0 Å². The van der Waals surface area contributed by atoms with Crippen molar-refractivity contribution in [2.45, 2.75) is 92.1 Å². The Morgan fingerprint density at radius 2 is 0.912 bits per heavy atom. The lowest BCUT2D eigenvalue weighted by atomic mass is 9.96. The topological polar surface area (TPSA) is 269 Å². The summed E-state index contributed by atoms with van der Waals surface area (Å²) in [6, 6.07) is 0. The summed E-state index contributed by atoms with van der Waals surface area (Å²) in [5, 5.41) is 109. The SMILES string of the molecule is OC[C@H]1O[C@@H](O[C@H]2[C@H](O)[C@@H](O)[C@@H](O[C@H]3[C@H](O)[C@@H](CO)OC(O)[C@@H]3O)O[C@@H]2CO)[C@H](O)[C@@H](O)[C@H]1O. The van der Waals surface area contributed by atoms with E-state index in [9.17, 15) is 56.2 Å². The van der Waals surface area contributed by atoms with Gasteiger partial charge >= 0.3 is 0 Å². The van der Waals surface area contributed by atoms with Crippen LogP contribution in [0.1, 0.15) is 0 Å². The monoisotopic (exact) mass is 504 g/mol. The Hall–Kier alpha value is -0.640. The van der Waals surface area contributed by atoms with E-state index in [0.717, 1.165) is 0 Å². The summed E-state index contributed by atoms with van der Waals surface area (Å²) in [4.78, 5) is 0. The molecule has 11 N–H and O–H groups in total. The van der Waals surface area contributed by atoms with Crippen LogP contribution in [0, 0.1) is 0 Å². The molecule has 0 saturated carbocycles. The third-order valence-electron chi connectivity index (χ3n) is 6.09. The molecule has 0 radical (unpaired) electrons. The van der Waals surface area contributed by atoms with Crippen molar-refractivity contribution in [2.75, 3.05) is 19.8 Å². The molecule has 0 aromatic carbocycles. The van der Waals surface area contributed by atoms with Crippen molar-refractivity contribution in [1.82, 2.24) is 0 Å². The molecule has 3 aliphatic rings. The van der Waals surface area contributed by atoms with Gasteiger partial charge in [0, 0.05) is 0 Å². The quantitative estimate of drug-likeness (QED) is 0.154. The highest BCUT2D eigenvalue weighted by Gasteiger charge is 2.53. The van der Waals surface area contributed by atoms with Crippen LogP contribution in [0.5, 0.6) is 0 Å². The lowest BCUT2D eigenvalue weighted by Crippen LogP contribution is -2.66. The summed E-state index contributed by atoms with van der Waals surface area (Å²) in [5.74, 6) is 0. The van der Waals surface area contributed by atoms with Crippen LogP contribution in [0.2, 0.25) is 0 Å². The normalized spacial score (nSPS) is 52.5. The van der Waals surface area contributed by atoms with E-state index in [1.807, 2.05) is 0 Å². The first-order valence-corrected chi connectivity index (χ1v) is 10.6. The average molecular weight is 504 g/mol. The van der Waals surface area contributed by atoms with E-state index in [-0.39, 0.29) is 0 Å². The van der Waals surface area contributed by atoms with Crippen LogP contribution in [-0.4, -0.2) is 168 Å². The molecule has 200 valence electrons. The Morgan fingerprint density at radius 1 is 0.441 bits per heavy atom. The van der Waals surface area contributed by atoms with E-state index >= 15 is 0 Å². The van der Waals surface area contributed by atoms with E-state index in [1.165, 1.54) is 0 Å². The van der Waals surface area contributed by atoms with Crippen LogP contribution in [0.3, 0.4) is 0 Å². The van der Waals surface area contributed by atoms with Gasteiger partial charge in [0.2, 0.25) is 0 Å². The Balaban J connectivity index is 1.72. The molecule has 3 heterocycles. The van der Waals surface area contributed by atoms with Gasteiger partial charge < -0.3 is 79.9 Å². The number of ether oxygens (including phenoxy) is 5. The molecule has 34 heavy (non-hydrogen) atoms. The minimum Gasteiger partial charge on any atom is -0.394 e. The molecule has 3 saturated heterocycles. The second kappa shape index (κ2) is 11.6. The maximum Gasteiger partial charge on any atom is 0.187 e. The predicted molar refractivity (Wildman–Crippen MR) is 101 cm³/mol. The number of hydrogen-bond acceptors (Lipinski definition) is 16. The van der Waals surface area contributed by atoms with Crippen LogP contribution < -0.4 is 0 Å². The van der Waals surface area contributed by atoms with Gasteiger partial charge in [-0.3, -0.25) is 0 Å². The largest absolute Gasteiger partial charge is 0.394 e. The van der Waals surface area contributed by atoms with Gasteiger partial charge in [0.05, 0.1) is 19.8 Å². The fourth-order valence-electron chi connectivity index (χ4n) is 4.05. The first kappa shape index (κ1) is 27.9. The maximum atomic E-state index is 10.6. The fraction of sp³-hybridized carbons (Fsp3) is 1.00. The smallest absolute Gasteiger partial charge is 0.187 e. The van der Waals surface area contributed by atoms with E-state index in [2.05, 4.69) is 0 Å². The molecule has 0 aliphatic carbocycles. The van der Waals surface area contributed by atoms with Crippen molar-refractivity contribution in [2.24, 2.45) is 0 Å². The Labute approximate surface area is 192 Å². The van der Waals surface area contributed by atoms with Gasteiger partial charge in [-0.05, 0) is 0 Å². The highest BCUT2D eigenvalue weighted by Crippen LogP contribution is 2.32. The van der Waals surface area contributed by atoms with Crippen molar-refractivity contribution < 1.29 is 79.9 Å². The first-order chi connectivity index (χ1) is 16.0. The molecular weight excluding hydrogens is 472 g/mol. The van der Waals surface area contributed by atoms with Crippen molar-refractivity contribution in [3.05, 3.63) is 0 Å². The Morgan fingerprint density at radius 3 is 1.47 bits per heavy atom. The second-order valence-electron chi connectivity index (χ2n) is 8.33. The van der Waals surface area contributed by atoms with Crippen LogP contribution in [0.4, 0.5) is 0 Å². The van der Waals surface area contributed by atoms with Gasteiger partial charge in [-0.15, -0.1) is 0 Å². The maximum absolute atomic E-state index is 10.6. The molecule has 3 rings (SSSR count). The molecule has 0 amide bonds. The van der Waals surface area contributed by atoms with E-state index in [1.54, 1.807) is 0 Å². The van der Waals surface area contributed by atoms with Gasteiger partial charge in [0.1, 0.15) is 73.2 Å². The second-order valence-corrected chi connectivity index (χ2v) is 8.33. The third-order valence-corrected chi connectivity index (χ3v) is 6.09. The zero-order valence-corrected chi connectivity index (χ0v) is 17.7. The standard InChI is InChI=1S/C18H32O16/c19-1-4-7(22)9(24)11(26)17(31-4)33-14-6(3-21)32-18(12(27)10(14)25)34-15-8(23)5(2-20)30-16(29)13(15)28/h4-29H,1-3H2/t4-,5-,6-,7+,8-,9+,10-,11-,12-,13-,14-,15+,16?,17+,18-/m1/s1. The highest BCUT2D eigenvalue weighted by molar-refractivity contribution is 4.96. The summed E-state index contributed by atoms with van der Waals surface area (Å²) < 4.78 is 26.2. The number of hydrogen-bond donors (Lipinski definition) is 11. The van der Waals surface area contributed by atoms with Gasteiger partial charge in [0.15, 0.2) is 18.9 Å². The molecule has 16 nitrogen and oxygen atoms in total. The summed E-state index contributed by atoms with van der Waals surface area (Å²) in [6.45, 7) is -2.31. The first-order valence-electron chi connectivity index (χ1n) is 10.6. The lowest BCUT2D eigenvalue weighted by Gasteiger charge is -2.47. The summed E-state index contributed by atoms with van der Waals surface area (Å²) in [5.41, 5.74) is 0. The lowest BCUT2D eigenvalue weighted by molar-refractivity contribution is -0.378. The predicted octanol–water partition coefficient (Wildman–Crippen LogP) is -7.57. The van der Waals surface area contributed by atoms with Crippen molar-refractivity contribution in [3.8, 4) is 0 Å². The van der Waals surface area contributed by atoms with Gasteiger partial charge in [0.25, 0.3) is 0 Å². The Bertz CT molecular complexity index is 637.